The number of hydrogen-bond donors (Lipinski definition) is 0. The lowest BCUT2D eigenvalue weighted by molar-refractivity contribution is -0.148. The minimum absolute atomic E-state index is 0.271. The lowest BCUT2D eigenvalue weighted by Crippen LogP contribution is -2.61. The first-order valence-electron chi connectivity index (χ1n) is 9.25. The van der Waals surface area contributed by atoms with Gasteiger partial charge < -0.3 is 9.80 Å². The van der Waals surface area contributed by atoms with Gasteiger partial charge in [-0.05, 0) is 43.6 Å². The molecule has 4 heterocycles. The maximum atomic E-state index is 12.6. The van der Waals surface area contributed by atoms with E-state index in [0.29, 0.717) is 36.6 Å². The van der Waals surface area contributed by atoms with Crippen molar-refractivity contribution in [2.75, 3.05) is 19.6 Å². The summed E-state index contributed by atoms with van der Waals surface area (Å²) in [6.07, 6.45) is 9.16. The topological polar surface area (TPSA) is 58.4 Å². The summed E-state index contributed by atoms with van der Waals surface area (Å²) in [4.78, 5) is 29.0. The van der Waals surface area contributed by atoms with Gasteiger partial charge in [-0.3, -0.25) is 14.3 Å². The van der Waals surface area contributed by atoms with Crippen LogP contribution < -0.4 is 0 Å². The van der Waals surface area contributed by atoms with E-state index in [0.717, 1.165) is 45.4 Å². The van der Waals surface area contributed by atoms with E-state index in [1.807, 2.05) is 16.9 Å². The summed E-state index contributed by atoms with van der Waals surface area (Å²) < 4.78 is 1.88. The second-order valence-corrected chi connectivity index (χ2v) is 7.54. The maximum absolute atomic E-state index is 12.6. The fraction of sp³-hybridized carbons (Fsp3) is 0.722. The number of aryl methyl sites for hydroxylation is 1. The van der Waals surface area contributed by atoms with E-state index < -0.39 is 0 Å². The van der Waals surface area contributed by atoms with Crippen LogP contribution in [0.3, 0.4) is 0 Å². The van der Waals surface area contributed by atoms with Crippen LogP contribution in [0.5, 0.6) is 0 Å². The van der Waals surface area contributed by atoms with Gasteiger partial charge in [0.1, 0.15) is 0 Å². The minimum Gasteiger partial charge on any atom is -0.342 e. The molecule has 3 aliphatic heterocycles. The largest absolute Gasteiger partial charge is 0.342 e. The molecule has 2 bridgehead atoms. The Morgan fingerprint density at radius 3 is 3.04 bits per heavy atom. The molecule has 6 heteroatoms. The van der Waals surface area contributed by atoms with Crippen molar-refractivity contribution in [3.8, 4) is 0 Å². The Morgan fingerprint density at radius 2 is 2.21 bits per heavy atom. The highest BCUT2D eigenvalue weighted by Gasteiger charge is 2.44. The van der Waals surface area contributed by atoms with E-state index in [2.05, 4.69) is 14.9 Å². The highest BCUT2D eigenvalue weighted by atomic mass is 16.2. The second-order valence-electron chi connectivity index (χ2n) is 7.54. The molecule has 2 amide bonds. The predicted octanol–water partition coefficient (Wildman–Crippen LogP) is 1.52. The van der Waals surface area contributed by atoms with E-state index in [1.165, 1.54) is 6.42 Å². The van der Waals surface area contributed by atoms with Gasteiger partial charge in [-0.1, -0.05) is 0 Å². The Hall–Kier alpha value is -1.85. The summed E-state index contributed by atoms with van der Waals surface area (Å²) in [5, 5.41) is 4.18. The van der Waals surface area contributed by atoms with Crippen molar-refractivity contribution >= 4 is 11.8 Å². The van der Waals surface area contributed by atoms with Crippen LogP contribution in [0.1, 0.15) is 38.5 Å². The van der Waals surface area contributed by atoms with Gasteiger partial charge in [-0.15, -0.1) is 0 Å². The molecule has 0 saturated carbocycles. The summed E-state index contributed by atoms with van der Waals surface area (Å²) in [6.45, 7) is 3.32. The van der Waals surface area contributed by atoms with Gasteiger partial charge in [0.05, 0.1) is 0 Å². The molecular formula is C18H26N4O2. The van der Waals surface area contributed by atoms with Crippen LogP contribution in [0.2, 0.25) is 0 Å². The predicted molar refractivity (Wildman–Crippen MR) is 89.0 cm³/mol. The van der Waals surface area contributed by atoms with Gasteiger partial charge in [-0.2, -0.15) is 5.10 Å². The lowest BCUT2D eigenvalue weighted by Gasteiger charge is -2.52. The van der Waals surface area contributed by atoms with Crippen molar-refractivity contribution in [3.05, 3.63) is 18.5 Å². The molecule has 1 aromatic heterocycles. The molecule has 0 aliphatic carbocycles. The molecule has 0 aromatic carbocycles. The Bertz CT molecular complexity index is 600. The minimum atomic E-state index is 0.271. The van der Waals surface area contributed by atoms with E-state index in [-0.39, 0.29) is 5.91 Å². The van der Waals surface area contributed by atoms with Gasteiger partial charge in [0.2, 0.25) is 11.8 Å². The zero-order chi connectivity index (χ0) is 16.5. The zero-order valence-electron chi connectivity index (χ0n) is 14.1. The third-order valence-electron chi connectivity index (χ3n) is 5.87. The summed E-state index contributed by atoms with van der Waals surface area (Å²) in [5.74, 6) is 1.56. The van der Waals surface area contributed by atoms with Gasteiger partial charge in [-0.25, -0.2) is 0 Å². The van der Waals surface area contributed by atoms with Crippen LogP contribution in [0.4, 0.5) is 0 Å². The first-order chi connectivity index (χ1) is 11.7. The van der Waals surface area contributed by atoms with Crippen LogP contribution in [-0.2, 0) is 16.1 Å². The molecule has 130 valence electrons. The van der Waals surface area contributed by atoms with Crippen molar-refractivity contribution in [3.63, 3.8) is 0 Å². The van der Waals surface area contributed by atoms with E-state index in [4.69, 9.17) is 0 Å². The average Bonchev–Trinajstić information content (AvgIpc) is 3.09. The fourth-order valence-corrected chi connectivity index (χ4v) is 4.80. The number of likely N-dealkylation sites (tertiary alicyclic amines) is 1. The number of aromatic nitrogens is 2. The SMILES string of the molecule is O=C(CCCn1cccn1)N1C[C@H]2C[C@H](C1)[C@@H]1CCCC(=O)N1C2. The molecule has 3 atom stereocenters. The Labute approximate surface area is 142 Å². The van der Waals surface area contributed by atoms with Crippen molar-refractivity contribution in [1.82, 2.24) is 19.6 Å². The highest BCUT2D eigenvalue weighted by Crippen LogP contribution is 2.38. The lowest BCUT2D eigenvalue weighted by atomic mass is 9.76. The monoisotopic (exact) mass is 330 g/mol. The van der Waals surface area contributed by atoms with Crippen LogP contribution in [0.25, 0.3) is 0 Å². The summed E-state index contributed by atoms with van der Waals surface area (Å²) >= 11 is 0. The Morgan fingerprint density at radius 1 is 1.29 bits per heavy atom. The Balaban J connectivity index is 1.33. The number of nitrogens with zero attached hydrogens (tertiary/aromatic N) is 4. The second kappa shape index (κ2) is 6.57. The smallest absolute Gasteiger partial charge is 0.222 e. The van der Waals surface area contributed by atoms with Crippen LogP contribution in [0, 0.1) is 11.8 Å². The molecule has 4 rings (SSSR count). The summed E-state index contributed by atoms with van der Waals surface area (Å²) in [6, 6.07) is 2.28. The van der Waals surface area contributed by atoms with Gasteiger partial charge in [0.15, 0.2) is 0 Å². The molecule has 0 N–H and O–H groups in total. The number of rotatable bonds is 4. The molecular weight excluding hydrogens is 304 g/mol. The number of carbonyl (C=O) groups is 2. The van der Waals surface area contributed by atoms with Crippen LogP contribution in [0.15, 0.2) is 18.5 Å². The molecule has 0 unspecified atom stereocenters. The average molecular weight is 330 g/mol. The molecule has 1 aromatic rings. The maximum Gasteiger partial charge on any atom is 0.222 e. The van der Waals surface area contributed by atoms with E-state index >= 15 is 0 Å². The van der Waals surface area contributed by atoms with Crippen LogP contribution >= 0.6 is 0 Å². The Kier molecular flexibility index (Phi) is 4.29. The third-order valence-corrected chi connectivity index (χ3v) is 5.87. The number of amides is 2. The number of fused-ring (bicyclic) bond motifs is 4. The van der Waals surface area contributed by atoms with Crippen molar-refractivity contribution in [1.29, 1.82) is 0 Å². The highest BCUT2D eigenvalue weighted by molar-refractivity contribution is 5.78. The molecule has 6 nitrogen and oxygen atoms in total. The van der Waals surface area contributed by atoms with E-state index in [1.54, 1.807) is 6.20 Å². The molecule has 3 aliphatic rings. The molecule has 24 heavy (non-hydrogen) atoms. The standard InChI is InChI=1S/C18H26N4O2/c23-17(6-2-8-21-9-3-7-19-21)20-11-14-10-15(13-20)16-4-1-5-18(24)22(16)12-14/h3,7,9,14-16H,1-2,4-6,8,10-13H2/t14-,15-,16+/m1/s1. The summed E-state index contributed by atoms with van der Waals surface area (Å²) in [7, 11) is 0. The quantitative estimate of drug-likeness (QED) is 0.841. The van der Waals surface area contributed by atoms with Crippen LogP contribution in [-0.4, -0.2) is 57.1 Å². The number of carbonyl (C=O) groups excluding carboxylic acids is 2. The normalized spacial score (nSPS) is 29.5. The van der Waals surface area contributed by atoms with Gasteiger partial charge >= 0.3 is 0 Å². The molecule has 0 spiro atoms. The zero-order valence-corrected chi connectivity index (χ0v) is 14.1. The van der Waals surface area contributed by atoms with Gasteiger partial charge in [0.25, 0.3) is 0 Å². The third kappa shape index (κ3) is 3.06. The van der Waals surface area contributed by atoms with Crippen molar-refractivity contribution < 1.29 is 9.59 Å². The first-order valence-corrected chi connectivity index (χ1v) is 9.25. The van der Waals surface area contributed by atoms with Crippen molar-refractivity contribution in [2.24, 2.45) is 11.8 Å². The van der Waals surface area contributed by atoms with Crippen molar-refractivity contribution in [2.45, 2.75) is 51.1 Å². The number of piperidine rings is 3. The van der Waals surface area contributed by atoms with E-state index in [9.17, 15) is 9.59 Å². The first kappa shape index (κ1) is 15.7. The fourth-order valence-electron chi connectivity index (χ4n) is 4.80. The van der Waals surface area contributed by atoms with Gasteiger partial charge in [0, 0.05) is 57.5 Å². The summed E-state index contributed by atoms with van der Waals surface area (Å²) in [5.41, 5.74) is 0. The molecule has 0 radical (unpaired) electrons. The number of hydrogen-bond acceptors (Lipinski definition) is 3. The molecule has 3 saturated heterocycles. The molecule has 3 fully saturated rings.